The van der Waals surface area contributed by atoms with Crippen LogP contribution in [0.15, 0.2) is 0 Å². The van der Waals surface area contributed by atoms with Crippen molar-refractivity contribution in [3.8, 4) is 0 Å². The van der Waals surface area contributed by atoms with Gasteiger partial charge < -0.3 is 10.2 Å². The molecule has 5 heteroatoms. The fourth-order valence-corrected chi connectivity index (χ4v) is 2.31. The smallest absolute Gasteiger partial charge is 0.314 e. The van der Waals surface area contributed by atoms with Gasteiger partial charge in [-0.3, -0.25) is 9.59 Å². The fraction of sp³-hybridized carbons (Fsp3) is 0.818. The number of carbonyl (C=O) groups is 2. The third-order valence-electron chi connectivity index (χ3n) is 2.43. The molecular weight excluding hydrogens is 219 g/mol. The molecule has 0 aromatic rings. The monoisotopic (exact) mass is 240 g/mol. The first-order valence-electron chi connectivity index (χ1n) is 5.78. The molecule has 90 valence electrons. The van der Waals surface area contributed by atoms with Gasteiger partial charge in [-0.25, -0.2) is 0 Å². The van der Waals surface area contributed by atoms with E-state index in [4.69, 9.17) is 10.2 Å². The van der Waals surface area contributed by atoms with Crippen molar-refractivity contribution >= 4 is 39.9 Å². The molecule has 0 amide bonds. The van der Waals surface area contributed by atoms with Crippen molar-refractivity contribution in [3.05, 3.63) is 0 Å². The van der Waals surface area contributed by atoms with Crippen LogP contribution in [0.25, 0.3) is 0 Å². The van der Waals surface area contributed by atoms with E-state index < -0.39 is 18.4 Å². The molecule has 0 heterocycles. The number of hydrogen-bond acceptors (Lipinski definition) is 2. The molecule has 0 aliphatic heterocycles. The second-order valence-corrected chi connectivity index (χ2v) is 5.99. The van der Waals surface area contributed by atoms with Gasteiger partial charge in [0, 0.05) is 0 Å². The van der Waals surface area contributed by atoms with Crippen LogP contribution in [0.1, 0.15) is 46.5 Å². The molecular formula is C11H21NaO4. The first-order chi connectivity index (χ1) is 7.34. The number of rotatable bonds is 6. The van der Waals surface area contributed by atoms with E-state index in [2.05, 4.69) is 20.8 Å². The molecule has 0 bridgehead atoms. The molecule has 0 aliphatic rings. The summed E-state index contributed by atoms with van der Waals surface area (Å²) in [6, 6.07) is 0. The van der Waals surface area contributed by atoms with Gasteiger partial charge in [-0.2, -0.15) is 0 Å². The summed E-state index contributed by atoms with van der Waals surface area (Å²) in [4.78, 5) is 18.9. The van der Waals surface area contributed by atoms with Gasteiger partial charge in [-0.15, -0.1) is 0 Å². The Balaban J connectivity index is 0. The second-order valence-electron chi connectivity index (χ2n) is 4.17. The minimum Gasteiger partial charge on any atom is -0.481 e. The van der Waals surface area contributed by atoms with Crippen LogP contribution in [0.3, 0.4) is 0 Å². The Labute approximate surface area is 115 Å². The van der Waals surface area contributed by atoms with E-state index >= 15 is 0 Å². The molecule has 0 aliphatic carbocycles. The van der Waals surface area contributed by atoms with Crippen LogP contribution >= 0.6 is 0 Å². The fourth-order valence-electron chi connectivity index (χ4n) is 1.51. The number of aliphatic carboxylic acids is 2. The first-order valence-corrected chi connectivity index (χ1v) is 6.94. The summed E-state index contributed by atoms with van der Waals surface area (Å²) in [6.45, 7) is 6.98. The zero-order valence-electron chi connectivity index (χ0n) is 10.7. The normalized spacial score (nSPS) is 13.3. The van der Waals surface area contributed by atoms with Gasteiger partial charge in [0.15, 0.2) is 0 Å². The van der Waals surface area contributed by atoms with E-state index in [0.29, 0.717) is 0 Å². The summed E-state index contributed by atoms with van der Waals surface area (Å²) in [5, 5.41) is 15.4. The Kier molecular flexibility index (Phi) is 13.1. The zero-order chi connectivity index (χ0) is 13.1. The van der Waals surface area contributed by atoms with E-state index in [-0.39, 0.29) is 0 Å². The molecule has 0 saturated carbocycles. The molecule has 0 spiro atoms. The van der Waals surface area contributed by atoms with Crippen LogP contribution in [-0.2, 0) is 9.59 Å². The van der Waals surface area contributed by atoms with Crippen LogP contribution in [0, 0.1) is 5.92 Å². The Bertz CT molecular complexity index is 192. The predicted molar refractivity (Wildman–Crippen MR) is 63.8 cm³/mol. The van der Waals surface area contributed by atoms with E-state index in [1.807, 2.05) is 0 Å². The van der Waals surface area contributed by atoms with Crippen LogP contribution in [0.5, 0.6) is 0 Å². The Morgan fingerprint density at radius 1 is 1.19 bits per heavy atom. The SMILES string of the molecule is CCCC(CC)[CH](C)[Na].O=C(O)CC(=O)O. The molecule has 0 saturated heterocycles. The molecule has 4 nitrogen and oxygen atoms in total. The van der Waals surface area contributed by atoms with Crippen molar-refractivity contribution in [2.24, 2.45) is 5.92 Å². The molecule has 2 atom stereocenters. The van der Waals surface area contributed by atoms with Crippen LogP contribution in [0.2, 0.25) is 3.17 Å². The molecule has 2 unspecified atom stereocenters. The summed E-state index contributed by atoms with van der Waals surface area (Å²) in [7, 11) is 0. The van der Waals surface area contributed by atoms with Gasteiger partial charge in [0.25, 0.3) is 0 Å². The standard InChI is InChI=1S/C8H17.C3H4O4.Na/c1-4-7-8(5-2)6-3;4-2(5)1-3(6)7;/h5,8H,4,6-7H2,1-3H3;1H2,(H,4,5)(H,6,7);. The van der Waals surface area contributed by atoms with Gasteiger partial charge in [-0.05, 0) is 0 Å². The van der Waals surface area contributed by atoms with Gasteiger partial charge in [-0.1, -0.05) is 0 Å². The molecule has 2 N–H and O–H groups in total. The van der Waals surface area contributed by atoms with E-state index in [0.717, 1.165) is 9.09 Å². The van der Waals surface area contributed by atoms with Gasteiger partial charge in [0.1, 0.15) is 6.42 Å². The van der Waals surface area contributed by atoms with Crippen molar-refractivity contribution in [1.82, 2.24) is 0 Å². The van der Waals surface area contributed by atoms with E-state index in [1.165, 1.54) is 47.2 Å². The molecule has 0 fully saturated rings. The van der Waals surface area contributed by atoms with Crippen LogP contribution in [-0.4, -0.2) is 50.1 Å². The van der Waals surface area contributed by atoms with Crippen LogP contribution in [0.4, 0.5) is 0 Å². The average molecular weight is 240 g/mol. The molecule has 0 aromatic heterocycles. The summed E-state index contributed by atoms with van der Waals surface area (Å²) in [5.74, 6) is -1.60. The third-order valence-corrected chi connectivity index (χ3v) is 3.37. The maximum atomic E-state index is 9.43. The molecule has 16 heavy (non-hydrogen) atoms. The number of carboxylic acids is 2. The van der Waals surface area contributed by atoms with Crippen molar-refractivity contribution in [2.45, 2.75) is 49.6 Å². The maximum absolute atomic E-state index is 9.43. The van der Waals surface area contributed by atoms with Crippen LogP contribution < -0.4 is 0 Å². The van der Waals surface area contributed by atoms with Gasteiger partial charge in [0.05, 0.1) is 0 Å². The third kappa shape index (κ3) is 13.9. The Hall–Kier alpha value is -0.0600. The van der Waals surface area contributed by atoms with E-state index in [1.54, 1.807) is 0 Å². The zero-order valence-corrected chi connectivity index (χ0v) is 12.7. The second kappa shape index (κ2) is 11.4. The number of carboxylic acid groups (broad SMARTS) is 2. The minimum absolute atomic E-state index is 0.806. The van der Waals surface area contributed by atoms with Crippen molar-refractivity contribution in [2.75, 3.05) is 0 Å². The summed E-state index contributed by atoms with van der Waals surface area (Å²) < 4.78 is 1.02. The molecule has 0 rings (SSSR count). The average Bonchev–Trinajstić information content (AvgIpc) is 2.12. The predicted octanol–water partition coefficient (Wildman–Crippen LogP) is 2.34. The largest absolute Gasteiger partial charge is 0.481 e. The Morgan fingerprint density at radius 2 is 1.62 bits per heavy atom. The van der Waals surface area contributed by atoms with E-state index in [9.17, 15) is 9.59 Å². The molecule has 0 aromatic carbocycles. The van der Waals surface area contributed by atoms with Crippen molar-refractivity contribution in [3.63, 3.8) is 0 Å². The summed E-state index contributed by atoms with van der Waals surface area (Å²) in [6.07, 6.45) is 3.39. The van der Waals surface area contributed by atoms with Gasteiger partial charge in [0.2, 0.25) is 0 Å². The quantitative estimate of drug-likeness (QED) is 0.552. The van der Waals surface area contributed by atoms with Crippen molar-refractivity contribution in [1.29, 1.82) is 0 Å². The van der Waals surface area contributed by atoms with Crippen molar-refractivity contribution < 1.29 is 19.8 Å². The van der Waals surface area contributed by atoms with Gasteiger partial charge >= 0.3 is 89.0 Å². The topological polar surface area (TPSA) is 74.6 Å². The summed E-state index contributed by atoms with van der Waals surface area (Å²) >= 11 is 1.38. The number of hydrogen-bond donors (Lipinski definition) is 2. The Morgan fingerprint density at radius 3 is 1.69 bits per heavy atom. The molecule has 0 radical (unpaired) electrons. The minimum atomic E-state index is -1.31. The first kappa shape index (κ1) is 18.3. The summed E-state index contributed by atoms with van der Waals surface area (Å²) in [5.41, 5.74) is 0. The maximum Gasteiger partial charge on any atom is 0.314 e.